The van der Waals surface area contributed by atoms with E-state index in [9.17, 15) is 4.79 Å². The van der Waals surface area contributed by atoms with E-state index in [1.165, 1.54) is 6.21 Å². The Morgan fingerprint density at radius 2 is 1.89 bits per heavy atom. The van der Waals surface area contributed by atoms with E-state index >= 15 is 0 Å². The van der Waals surface area contributed by atoms with Crippen molar-refractivity contribution >= 4 is 34.6 Å². The Morgan fingerprint density at radius 3 is 2.68 bits per heavy atom. The second-order valence-electron chi connectivity index (χ2n) is 8.03. The lowest BCUT2D eigenvalue weighted by Gasteiger charge is -2.16. The Balaban J connectivity index is 1.41. The zero-order valence-electron chi connectivity index (χ0n) is 20.3. The lowest BCUT2D eigenvalue weighted by molar-refractivity contribution is -0.123. The molecule has 0 radical (unpaired) electrons. The van der Waals surface area contributed by atoms with E-state index in [2.05, 4.69) is 22.1 Å². The van der Waals surface area contributed by atoms with Gasteiger partial charge >= 0.3 is 0 Å². The van der Waals surface area contributed by atoms with Gasteiger partial charge in [-0.3, -0.25) is 9.78 Å². The van der Waals surface area contributed by atoms with Crippen molar-refractivity contribution in [3.8, 4) is 17.2 Å². The third kappa shape index (κ3) is 6.86. The number of hydrogen-bond donors (Lipinski definition) is 1. The maximum Gasteiger partial charge on any atom is 0.277 e. The highest BCUT2D eigenvalue weighted by Gasteiger charge is 2.13. The molecule has 0 aliphatic carbocycles. The van der Waals surface area contributed by atoms with Gasteiger partial charge in [-0.15, -0.1) is 6.58 Å². The summed E-state index contributed by atoms with van der Waals surface area (Å²) in [6.07, 6.45) is 5.57. The number of benzene rings is 3. The third-order valence-corrected chi connectivity index (χ3v) is 5.64. The largest absolute Gasteiger partial charge is 0.493 e. The molecule has 0 fully saturated rings. The molecule has 37 heavy (non-hydrogen) atoms. The monoisotopic (exact) mass is 515 g/mol. The molecule has 0 aliphatic heterocycles. The molecule has 7 nitrogen and oxygen atoms in total. The first-order chi connectivity index (χ1) is 18.1. The van der Waals surface area contributed by atoms with Gasteiger partial charge in [0.2, 0.25) is 0 Å². The standard InChI is InChI=1S/C29H26ClN3O4/c1-3-6-23-15-21(16-26(35-2)29(23)37-18-20-10-12-24(30)13-11-20)17-32-33-27(34)19-36-25-9-4-7-22-8-5-14-31-28(22)25/h3-5,7-17H,1,6,18-19H2,2H3,(H,33,34)/b32-17+. The van der Waals surface area contributed by atoms with Crippen molar-refractivity contribution in [3.63, 3.8) is 0 Å². The van der Waals surface area contributed by atoms with E-state index in [-0.39, 0.29) is 6.61 Å². The van der Waals surface area contributed by atoms with Crippen molar-refractivity contribution in [1.29, 1.82) is 0 Å². The molecule has 0 saturated heterocycles. The van der Waals surface area contributed by atoms with Gasteiger partial charge in [-0.2, -0.15) is 5.10 Å². The number of halogens is 1. The van der Waals surface area contributed by atoms with Crippen LogP contribution in [0.15, 0.2) is 90.7 Å². The molecule has 0 saturated carbocycles. The number of hydrogen-bond acceptors (Lipinski definition) is 6. The summed E-state index contributed by atoms with van der Waals surface area (Å²) in [5.41, 5.74) is 5.77. The average molecular weight is 516 g/mol. The summed E-state index contributed by atoms with van der Waals surface area (Å²) in [4.78, 5) is 16.6. The summed E-state index contributed by atoms with van der Waals surface area (Å²) in [7, 11) is 1.57. The number of nitrogens with one attached hydrogen (secondary N) is 1. The van der Waals surface area contributed by atoms with Crippen LogP contribution in [0.5, 0.6) is 17.2 Å². The number of allylic oxidation sites excluding steroid dienone is 1. The minimum Gasteiger partial charge on any atom is -0.493 e. The van der Waals surface area contributed by atoms with Crippen LogP contribution in [0.2, 0.25) is 5.02 Å². The molecular weight excluding hydrogens is 490 g/mol. The fourth-order valence-electron chi connectivity index (χ4n) is 3.66. The van der Waals surface area contributed by atoms with Crippen LogP contribution in [0.3, 0.4) is 0 Å². The molecule has 4 rings (SSSR count). The van der Waals surface area contributed by atoms with E-state index in [1.54, 1.807) is 31.5 Å². The van der Waals surface area contributed by atoms with Crippen LogP contribution < -0.4 is 19.6 Å². The Bertz CT molecular complexity index is 1420. The van der Waals surface area contributed by atoms with Crippen molar-refractivity contribution in [2.24, 2.45) is 5.10 Å². The van der Waals surface area contributed by atoms with Crippen molar-refractivity contribution in [2.45, 2.75) is 13.0 Å². The predicted octanol–water partition coefficient (Wildman–Crippen LogP) is 5.73. The van der Waals surface area contributed by atoms with Crippen LogP contribution in [0.1, 0.15) is 16.7 Å². The van der Waals surface area contributed by atoms with Crippen molar-refractivity contribution in [2.75, 3.05) is 13.7 Å². The van der Waals surface area contributed by atoms with Gasteiger partial charge in [-0.1, -0.05) is 48.0 Å². The Morgan fingerprint density at radius 1 is 1.08 bits per heavy atom. The smallest absolute Gasteiger partial charge is 0.277 e. The molecule has 4 aromatic rings. The molecular formula is C29H26ClN3O4. The van der Waals surface area contributed by atoms with Crippen molar-refractivity contribution < 1.29 is 19.0 Å². The van der Waals surface area contributed by atoms with Gasteiger partial charge in [0.1, 0.15) is 17.9 Å². The molecule has 0 aliphatic rings. The molecule has 188 valence electrons. The molecule has 0 bridgehead atoms. The zero-order chi connectivity index (χ0) is 26.0. The number of fused-ring (bicyclic) bond motifs is 1. The topological polar surface area (TPSA) is 82.0 Å². The number of aromatic nitrogens is 1. The summed E-state index contributed by atoms with van der Waals surface area (Å²) in [6.45, 7) is 4.00. The number of para-hydroxylation sites is 1. The highest BCUT2D eigenvalue weighted by molar-refractivity contribution is 6.30. The fourth-order valence-corrected chi connectivity index (χ4v) is 3.79. The maximum absolute atomic E-state index is 12.3. The number of amides is 1. The number of carbonyl (C=O) groups excluding carboxylic acids is 1. The zero-order valence-corrected chi connectivity index (χ0v) is 21.1. The van der Waals surface area contributed by atoms with E-state index in [0.29, 0.717) is 40.8 Å². The molecule has 0 unspecified atom stereocenters. The number of ether oxygens (including phenoxy) is 3. The van der Waals surface area contributed by atoms with Crippen LogP contribution in [0.25, 0.3) is 10.9 Å². The number of nitrogens with zero attached hydrogens (tertiary/aromatic N) is 2. The van der Waals surface area contributed by atoms with Crippen LogP contribution in [0.4, 0.5) is 0 Å². The second kappa shape index (κ2) is 12.6. The number of pyridine rings is 1. The van der Waals surface area contributed by atoms with Crippen LogP contribution in [0, 0.1) is 0 Å². The lowest BCUT2D eigenvalue weighted by Crippen LogP contribution is -2.24. The molecule has 1 heterocycles. The SMILES string of the molecule is C=CCc1cc(/C=N/NC(=O)COc2cccc3cccnc23)cc(OC)c1OCc1ccc(Cl)cc1. The molecule has 8 heteroatoms. The van der Waals surface area contributed by atoms with Crippen molar-refractivity contribution in [3.05, 3.63) is 107 Å². The summed E-state index contributed by atoms with van der Waals surface area (Å²) in [5, 5.41) is 5.67. The van der Waals surface area contributed by atoms with Crippen molar-refractivity contribution in [1.82, 2.24) is 10.4 Å². The van der Waals surface area contributed by atoms with Crippen LogP contribution in [-0.4, -0.2) is 30.8 Å². The van der Waals surface area contributed by atoms with Gasteiger partial charge in [-0.25, -0.2) is 5.43 Å². The van der Waals surface area contributed by atoms with Gasteiger partial charge < -0.3 is 14.2 Å². The van der Waals surface area contributed by atoms with Gasteiger partial charge in [0.25, 0.3) is 5.91 Å². The Kier molecular flexibility index (Phi) is 8.73. The highest BCUT2D eigenvalue weighted by Crippen LogP contribution is 2.34. The molecule has 1 amide bonds. The number of carbonyl (C=O) groups is 1. The van der Waals surface area contributed by atoms with Gasteiger partial charge in [0, 0.05) is 22.2 Å². The maximum atomic E-state index is 12.3. The summed E-state index contributed by atoms with van der Waals surface area (Å²) in [6, 6.07) is 20.5. The number of methoxy groups -OCH3 is 1. The molecule has 1 aromatic heterocycles. The third-order valence-electron chi connectivity index (χ3n) is 5.39. The van der Waals surface area contributed by atoms with Gasteiger partial charge in [0.15, 0.2) is 18.1 Å². The minimum atomic E-state index is -0.398. The molecule has 1 N–H and O–H groups in total. The average Bonchev–Trinajstić information content (AvgIpc) is 2.92. The first-order valence-corrected chi connectivity index (χ1v) is 11.9. The predicted molar refractivity (Wildman–Crippen MR) is 146 cm³/mol. The normalized spacial score (nSPS) is 10.9. The molecule has 0 atom stereocenters. The Labute approximate surface area is 220 Å². The number of hydrazone groups is 1. The van der Waals surface area contributed by atoms with E-state index < -0.39 is 5.91 Å². The van der Waals surface area contributed by atoms with Crippen LogP contribution in [-0.2, 0) is 17.8 Å². The van der Waals surface area contributed by atoms with Gasteiger partial charge in [-0.05, 0) is 53.9 Å². The van der Waals surface area contributed by atoms with Gasteiger partial charge in [0.05, 0.1) is 13.3 Å². The summed E-state index contributed by atoms with van der Waals surface area (Å²) >= 11 is 5.97. The van der Waals surface area contributed by atoms with Crippen LogP contribution >= 0.6 is 11.6 Å². The van der Waals surface area contributed by atoms with E-state index in [1.807, 2.05) is 54.6 Å². The second-order valence-corrected chi connectivity index (χ2v) is 8.47. The lowest BCUT2D eigenvalue weighted by atomic mass is 10.1. The fraction of sp³-hybridized carbons (Fsp3) is 0.138. The quantitative estimate of drug-likeness (QED) is 0.157. The Hall–Kier alpha value is -4.36. The summed E-state index contributed by atoms with van der Waals surface area (Å²) in [5.74, 6) is 1.30. The molecule has 0 spiro atoms. The minimum absolute atomic E-state index is 0.199. The first-order valence-electron chi connectivity index (χ1n) is 11.5. The summed E-state index contributed by atoms with van der Waals surface area (Å²) < 4.78 is 17.3. The number of rotatable bonds is 11. The highest BCUT2D eigenvalue weighted by atomic mass is 35.5. The molecule has 3 aromatic carbocycles. The first kappa shape index (κ1) is 25.7. The van der Waals surface area contributed by atoms with E-state index in [4.69, 9.17) is 25.8 Å². The van der Waals surface area contributed by atoms with E-state index in [0.717, 1.165) is 22.1 Å².